The molecular formula is C23H27N3O5. The normalized spacial score (nSPS) is 16.0. The molecule has 4 amide bonds. The summed E-state index contributed by atoms with van der Waals surface area (Å²) in [6.07, 6.45) is -0.149. The van der Waals surface area contributed by atoms with E-state index in [2.05, 4.69) is 5.32 Å². The van der Waals surface area contributed by atoms with Crippen LogP contribution in [0.25, 0.3) is 0 Å². The van der Waals surface area contributed by atoms with E-state index >= 15 is 0 Å². The summed E-state index contributed by atoms with van der Waals surface area (Å²) in [5.74, 6) is -0.0770. The third kappa shape index (κ3) is 5.21. The molecule has 164 valence electrons. The number of methoxy groups -OCH3 is 1. The molecule has 0 spiro atoms. The first-order chi connectivity index (χ1) is 14.9. The summed E-state index contributed by atoms with van der Waals surface area (Å²) < 4.78 is 10.5. The molecule has 1 aliphatic heterocycles. The zero-order chi connectivity index (χ0) is 22.4. The molecule has 1 aliphatic rings. The minimum atomic E-state index is -0.897. The molecule has 0 aliphatic carbocycles. The Morgan fingerprint density at radius 3 is 2.35 bits per heavy atom. The van der Waals surface area contributed by atoms with Gasteiger partial charge in [-0.15, -0.1) is 0 Å². The van der Waals surface area contributed by atoms with Crippen molar-refractivity contribution in [2.24, 2.45) is 0 Å². The van der Waals surface area contributed by atoms with Crippen LogP contribution in [0.4, 0.5) is 16.2 Å². The molecule has 0 saturated carbocycles. The molecule has 8 nitrogen and oxygen atoms in total. The summed E-state index contributed by atoms with van der Waals surface area (Å²) in [4.78, 5) is 41.3. The van der Waals surface area contributed by atoms with Crippen LogP contribution >= 0.6 is 0 Å². The lowest BCUT2D eigenvalue weighted by molar-refractivity contribution is -0.124. The third-order valence-electron chi connectivity index (χ3n) is 4.97. The van der Waals surface area contributed by atoms with E-state index in [1.165, 1.54) is 12.0 Å². The fourth-order valence-corrected chi connectivity index (χ4v) is 3.40. The Hall–Kier alpha value is -3.39. The van der Waals surface area contributed by atoms with Crippen LogP contribution in [0.1, 0.15) is 18.9 Å². The number of ether oxygens (including phenoxy) is 2. The maximum Gasteiger partial charge on any atom is 0.332 e. The molecule has 1 N–H and O–H groups in total. The van der Waals surface area contributed by atoms with E-state index in [0.717, 1.165) is 10.5 Å². The van der Waals surface area contributed by atoms with E-state index in [4.69, 9.17) is 9.47 Å². The van der Waals surface area contributed by atoms with Crippen molar-refractivity contribution in [3.63, 3.8) is 0 Å². The van der Waals surface area contributed by atoms with E-state index < -0.39 is 18.0 Å². The number of aryl methyl sites for hydroxylation is 1. The zero-order valence-corrected chi connectivity index (χ0v) is 18.0. The van der Waals surface area contributed by atoms with Crippen LogP contribution in [0.3, 0.4) is 0 Å². The molecule has 1 fully saturated rings. The van der Waals surface area contributed by atoms with Gasteiger partial charge in [0.25, 0.3) is 5.91 Å². The maximum absolute atomic E-state index is 13.1. The van der Waals surface area contributed by atoms with Crippen molar-refractivity contribution in [3.05, 3.63) is 54.1 Å². The van der Waals surface area contributed by atoms with E-state index in [1.54, 1.807) is 36.4 Å². The smallest absolute Gasteiger partial charge is 0.332 e. The minimum absolute atomic E-state index is 0.149. The monoisotopic (exact) mass is 425 g/mol. The van der Waals surface area contributed by atoms with Gasteiger partial charge in [-0.3, -0.25) is 9.59 Å². The molecule has 3 rings (SSSR count). The second-order valence-corrected chi connectivity index (χ2v) is 7.20. The van der Waals surface area contributed by atoms with Crippen molar-refractivity contribution in [1.29, 1.82) is 0 Å². The molecule has 2 aromatic rings. The van der Waals surface area contributed by atoms with Gasteiger partial charge in [-0.25, -0.2) is 9.69 Å². The van der Waals surface area contributed by atoms with Gasteiger partial charge in [0, 0.05) is 19.3 Å². The van der Waals surface area contributed by atoms with Crippen LogP contribution in [0.2, 0.25) is 0 Å². The Bertz CT molecular complexity index is 927. The second-order valence-electron chi connectivity index (χ2n) is 7.20. The SMILES string of the molecule is CCOc1ccc(NC(=O)C[C@@H]2C(=O)N(c3ccc(C)cc3)C(=O)N2CCOC)cc1. The molecule has 31 heavy (non-hydrogen) atoms. The van der Waals surface area contributed by atoms with Crippen LogP contribution in [-0.4, -0.2) is 55.7 Å². The molecule has 2 aromatic carbocycles. The number of urea groups is 1. The summed E-state index contributed by atoms with van der Waals surface area (Å²) in [7, 11) is 1.52. The maximum atomic E-state index is 13.1. The lowest BCUT2D eigenvalue weighted by Crippen LogP contribution is -2.39. The zero-order valence-electron chi connectivity index (χ0n) is 18.0. The summed E-state index contributed by atoms with van der Waals surface area (Å²) in [6, 6.07) is 12.7. The molecule has 0 bridgehead atoms. The van der Waals surface area contributed by atoms with Gasteiger partial charge in [0.15, 0.2) is 0 Å². The van der Waals surface area contributed by atoms with Gasteiger partial charge in [-0.05, 0) is 50.2 Å². The number of carbonyl (C=O) groups excluding carboxylic acids is 3. The van der Waals surface area contributed by atoms with Gasteiger partial charge in [-0.1, -0.05) is 17.7 Å². The summed E-state index contributed by atoms with van der Waals surface area (Å²) in [6.45, 7) is 4.85. The number of carbonyl (C=O) groups is 3. The summed E-state index contributed by atoms with van der Waals surface area (Å²) in [5.41, 5.74) is 2.09. The first-order valence-electron chi connectivity index (χ1n) is 10.2. The second kappa shape index (κ2) is 10.1. The number of nitrogens with zero attached hydrogens (tertiary/aromatic N) is 2. The predicted molar refractivity (Wildman–Crippen MR) is 117 cm³/mol. The average molecular weight is 425 g/mol. The number of imide groups is 1. The highest BCUT2D eigenvalue weighted by molar-refractivity contribution is 6.22. The van der Waals surface area contributed by atoms with Crippen molar-refractivity contribution >= 4 is 29.2 Å². The molecule has 0 unspecified atom stereocenters. The Balaban J connectivity index is 1.74. The molecule has 1 heterocycles. The highest BCUT2D eigenvalue weighted by atomic mass is 16.5. The number of nitrogens with one attached hydrogen (secondary N) is 1. The lowest BCUT2D eigenvalue weighted by atomic mass is 10.1. The van der Waals surface area contributed by atoms with E-state index in [-0.39, 0.29) is 25.5 Å². The highest BCUT2D eigenvalue weighted by Gasteiger charge is 2.46. The average Bonchev–Trinajstić information content (AvgIpc) is 2.98. The first-order valence-corrected chi connectivity index (χ1v) is 10.2. The van der Waals surface area contributed by atoms with Gasteiger partial charge in [0.05, 0.1) is 25.3 Å². The quantitative estimate of drug-likeness (QED) is 0.624. The van der Waals surface area contributed by atoms with Crippen molar-refractivity contribution in [2.75, 3.05) is 37.1 Å². The highest BCUT2D eigenvalue weighted by Crippen LogP contribution is 2.27. The molecular weight excluding hydrogens is 398 g/mol. The largest absolute Gasteiger partial charge is 0.494 e. The van der Waals surface area contributed by atoms with Crippen molar-refractivity contribution < 1.29 is 23.9 Å². The predicted octanol–water partition coefficient (Wildman–Crippen LogP) is 3.21. The van der Waals surface area contributed by atoms with E-state index in [0.29, 0.717) is 23.7 Å². The molecule has 1 atom stereocenters. The minimum Gasteiger partial charge on any atom is -0.494 e. The van der Waals surface area contributed by atoms with E-state index in [1.807, 2.05) is 26.0 Å². The fraction of sp³-hybridized carbons (Fsp3) is 0.348. The van der Waals surface area contributed by atoms with E-state index in [9.17, 15) is 14.4 Å². The van der Waals surface area contributed by atoms with Crippen molar-refractivity contribution in [3.8, 4) is 5.75 Å². The topological polar surface area (TPSA) is 88.2 Å². The van der Waals surface area contributed by atoms with Crippen LogP contribution < -0.4 is 15.0 Å². The van der Waals surface area contributed by atoms with Gasteiger partial charge < -0.3 is 19.7 Å². The Morgan fingerprint density at radius 2 is 1.74 bits per heavy atom. The molecule has 1 saturated heterocycles. The summed E-state index contributed by atoms with van der Waals surface area (Å²) in [5, 5.41) is 2.78. The lowest BCUT2D eigenvalue weighted by Gasteiger charge is -2.21. The van der Waals surface area contributed by atoms with Gasteiger partial charge in [-0.2, -0.15) is 0 Å². The number of hydrogen-bond acceptors (Lipinski definition) is 5. The van der Waals surface area contributed by atoms with Crippen LogP contribution in [0.5, 0.6) is 5.75 Å². The van der Waals surface area contributed by atoms with Gasteiger partial charge in [0.1, 0.15) is 11.8 Å². The molecule has 8 heteroatoms. The Labute approximate surface area is 181 Å². The number of rotatable bonds is 9. The summed E-state index contributed by atoms with van der Waals surface area (Å²) >= 11 is 0. The molecule has 0 aromatic heterocycles. The standard InChI is InChI=1S/C23H27N3O5/c1-4-31-19-11-7-17(8-12-19)24-21(27)15-20-22(28)26(18-9-5-16(2)6-10-18)23(29)25(20)13-14-30-3/h5-12,20H,4,13-15H2,1-3H3,(H,24,27)/t20-/m1/s1. The third-order valence-corrected chi connectivity index (χ3v) is 4.97. The number of anilines is 2. The number of hydrogen-bond donors (Lipinski definition) is 1. The van der Waals surface area contributed by atoms with Gasteiger partial charge >= 0.3 is 6.03 Å². The van der Waals surface area contributed by atoms with Gasteiger partial charge in [0.2, 0.25) is 5.91 Å². The van der Waals surface area contributed by atoms with Crippen molar-refractivity contribution in [1.82, 2.24) is 4.90 Å². The first kappa shape index (κ1) is 22.3. The van der Waals surface area contributed by atoms with Crippen molar-refractivity contribution in [2.45, 2.75) is 26.3 Å². The van der Waals surface area contributed by atoms with Crippen LogP contribution in [-0.2, 0) is 14.3 Å². The van der Waals surface area contributed by atoms with Crippen LogP contribution in [0, 0.1) is 6.92 Å². The Kier molecular flexibility index (Phi) is 7.25. The van der Waals surface area contributed by atoms with Crippen LogP contribution in [0.15, 0.2) is 48.5 Å². The Morgan fingerprint density at radius 1 is 1.06 bits per heavy atom. The number of benzene rings is 2. The fourth-order valence-electron chi connectivity index (χ4n) is 3.40. The number of amides is 4. The molecule has 0 radical (unpaired) electrons.